The summed E-state index contributed by atoms with van der Waals surface area (Å²) in [6.07, 6.45) is 3.46. The molecular weight excluding hydrogens is 413 g/mol. The minimum Gasteiger partial charge on any atom is -0.390 e. The molecule has 0 amide bonds. The van der Waals surface area contributed by atoms with Crippen LogP contribution in [0.25, 0.3) is 10.9 Å². The molecule has 150 valence electrons. The number of rotatable bonds is 3. The number of aromatic nitrogens is 1. The fraction of sp³-hybridized carbons (Fsp3) is 0.190. The number of sulfone groups is 1. The molecule has 0 aliphatic carbocycles. The first kappa shape index (κ1) is 19.7. The summed E-state index contributed by atoms with van der Waals surface area (Å²) in [5, 5.41) is 4.03. The van der Waals surface area contributed by atoms with E-state index >= 15 is 0 Å². The molecule has 0 spiro atoms. The van der Waals surface area contributed by atoms with E-state index in [2.05, 4.69) is 21.4 Å². The lowest BCUT2D eigenvalue weighted by molar-refractivity contribution is 0.590. The molecule has 3 heterocycles. The van der Waals surface area contributed by atoms with E-state index < -0.39 is 15.7 Å². The SMILES string of the molecule is Cl.O=S(=O)(c1cccc(F)c1)c1cnc2c(N3CC4=CNC[C@@H]4C3)cccc2c1. The maximum absolute atomic E-state index is 13.5. The van der Waals surface area contributed by atoms with Crippen molar-refractivity contribution < 1.29 is 12.8 Å². The van der Waals surface area contributed by atoms with Crippen LogP contribution in [0.4, 0.5) is 10.1 Å². The second-order valence-corrected chi connectivity index (χ2v) is 9.14. The number of fused-ring (bicyclic) bond motifs is 2. The Balaban J connectivity index is 0.00000205. The Bertz CT molecular complexity index is 1230. The molecule has 1 saturated heterocycles. The van der Waals surface area contributed by atoms with Gasteiger partial charge in [-0.3, -0.25) is 4.98 Å². The van der Waals surface area contributed by atoms with Gasteiger partial charge in [-0.2, -0.15) is 0 Å². The molecule has 5 nitrogen and oxygen atoms in total. The van der Waals surface area contributed by atoms with Crippen LogP contribution in [0.5, 0.6) is 0 Å². The summed E-state index contributed by atoms with van der Waals surface area (Å²) < 4.78 is 39.2. The second kappa shape index (κ2) is 7.31. The minimum atomic E-state index is -3.83. The summed E-state index contributed by atoms with van der Waals surface area (Å²) in [5.74, 6) is -0.0663. The van der Waals surface area contributed by atoms with E-state index in [9.17, 15) is 12.8 Å². The van der Waals surface area contributed by atoms with Gasteiger partial charge >= 0.3 is 0 Å². The molecule has 2 aromatic carbocycles. The van der Waals surface area contributed by atoms with E-state index in [0.717, 1.165) is 42.3 Å². The van der Waals surface area contributed by atoms with Gasteiger partial charge in [0, 0.05) is 37.1 Å². The molecule has 2 aliphatic rings. The number of benzene rings is 2. The van der Waals surface area contributed by atoms with E-state index in [1.807, 2.05) is 18.2 Å². The lowest BCUT2D eigenvalue weighted by atomic mass is 10.1. The molecule has 0 radical (unpaired) electrons. The Morgan fingerprint density at radius 1 is 1.10 bits per heavy atom. The van der Waals surface area contributed by atoms with Crippen molar-refractivity contribution in [1.82, 2.24) is 10.3 Å². The zero-order valence-electron chi connectivity index (χ0n) is 15.4. The number of anilines is 1. The standard InChI is InChI=1S/C21H18FN3O2S.ClH/c22-17-4-2-5-18(8-17)28(26,27)19-7-14-3-1-6-20(21(14)24-11-19)25-12-15-9-23-10-16(15)13-25;/h1-9,11,16,23H,10,12-13H2;1H/t16-;/m1./s1. The lowest BCUT2D eigenvalue weighted by Gasteiger charge is -2.20. The van der Waals surface area contributed by atoms with Gasteiger partial charge in [-0.25, -0.2) is 12.8 Å². The van der Waals surface area contributed by atoms with E-state index in [1.165, 1.54) is 30.0 Å². The third kappa shape index (κ3) is 3.34. The Hall–Kier alpha value is -2.64. The predicted octanol–water partition coefficient (Wildman–Crippen LogP) is 3.55. The van der Waals surface area contributed by atoms with Crippen LogP contribution < -0.4 is 10.2 Å². The predicted molar refractivity (Wildman–Crippen MR) is 113 cm³/mol. The largest absolute Gasteiger partial charge is 0.390 e. The zero-order valence-corrected chi connectivity index (χ0v) is 17.0. The van der Waals surface area contributed by atoms with Crippen molar-refractivity contribution in [3.8, 4) is 0 Å². The first-order valence-corrected chi connectivity index (χ1v) is 10.6. The summed E-state index contributed by atoms with van der Waals surface area (Å²) in [5.41, 5.74) is 3.17. The van der Waals surface area contributed by atoms with Crippen molar-refractivity contribution in [2.24, 2.45) is 5.92 Å². The third-order valence-electron chi connectivity index (χ3n) is 5.41. The van der Waals surface area contributed by atoms with Crippen LogP contribution in [0.1, 0.15) is 0 Å². The number of halogens is 2. The maximum Gasteiger partial charge on any atom is 0.208 e. The van der Waals surface area contributed by atoms with Crippen LogP contribution in [0.2, 0.25) is 0 Å². The molecule has 0 unspecified atom stereocenters. The maximum atomic E-state index is 13.5. The van der Waals surface area contributed by atoms with Crippen molar-refractivity contribution in [1.29, 1.82) is 0 Å². The second-order valence-electron chi connectivity index (χ2n) is 7.19. The minimum absolute atomic E-state index is 0. The lowest BCUT2D eigenvalue weighted by Crippen LogP contribution is -2.23. The Morgan fingerprint density at radius 3 is 2.72 bits per heavy atom. The molecule has 1 N–H and O–H groups in total. The Labute approximate surface area is 174 Å². The number of nitrogens with zero attached hydrogens (tertiary/aromatic N) is 2. The van der Waals surface area contributed by atoms with Crippen LogP contribution >= 0.6 is 12.4 Å². The topological polar surface area (TPSA) is 62.3 Å². The van der Waals surface area contributed by atoms with Gasteiger partial charge in [-0.05, 0) is 42.1 Å². The quantitative estimate of drug-likeness (QED) is 0.687. The number of para-hydroxylation sites is 1. The van der Waals surface area contributed by atoms with Crippen LogP contribution in [-0.4, -0.2) is 33.0 Å². The molecule has 0 bridgehead atoms. The number of pyridine rings is 1. The van der Waals surface area contributed by atoms with E-state index in [0.29, 0.717) is 5.92 Å². The van der Waals surface area contributed by atoms with Gasteiger partial charge in [0.1, 0.15) is 5.82 Å². The van der Waals surface area contributed by atoms with Gasteiger partial charge in [-0.15, -0.1) is 12.4 Å². The van der Waals surface area contributed by atoms with Crippen molar-refractivity contribution in [3.63, 3.8) is 0 Å². The van der Waals surface area contributed by atoms with Crippen molar-refractivity contribution in [3.05, 3.63) is 72.3 Å². The normalized spacial score (nSPS) is 18.2. The highest BCUT2D eigenvalue weighted by Gasteiger charge is 2.31. The molecule has 1 atom stereocenters. The highest BCUT2D eigenvalue weighted by Crippen LogP contribution is 2.34. The smallest absolute Gasteiger partial charge is 0.208 e. The highest BCUT2D eigenvalue weighted by atomic mass is 35.5. The molecule has 0 saturated carbocycles. The molecule has 1 aromatic heterocycles. The van der Waals surface area contributed by atoms with Gasteiger partial charge in [0.05, 0.1) is 21.0 Å². The first-order chi connectivity index (χ1) is 13.5. The highest BCUT2D eigenvalue weighted by molar-refractivity contribution is 7.91. The van der Waals surface area contributed by atoms with Gasteiger partial charge in [-0.1, -0.05) is 18.2 Å². The number of nitrogens with one attached hydrogen (secondary N) is 1. The van der Waals surface area contributed by atoms with E-state index in [-0.39, 0.29) is 22.2 Å². The van der Waals surface area contributed by atoms with E-state index in [4.69, 9.17) is 0 Å². The zero-order chi connectivity index (χ0) is 19.3. The fourth-order valence-electron chi connectivity index (χ4n) is 3.97. The van der Waals surface area contributed by atoms with Crippen LogP contribution in [-0.2, 0) is 9.84 Å². The summed E-state index contributed by atoms with van der Waals surface area (Å²) in [4.78, 5) is 6.76. The monoisotopic (exact) mass is 431 g/mol. The molecular formula is C21H19ClFN3O2S. The Kier molecular flexibility index (Phi) is 4.96. The average molecular weight is 432 g/mol. The molecule has 29 heavy (non-hydrogen) atoms. The molecule has 8 heteroatoms. The third-order valence-corrected chi connectivity index (χ3v) is 7.13. The number of hydrogen-bond acceptors (Lipinski definition) is 5. The van der Waals surface area contributed by atoms with Gasteiger partial charge in [0.2, 0.25) is 9.84 Å². The van der Waals surface area contributed by atoms with Crippen LogP contribution in [0, 0.1) is 11.7 Å². The van der Waals surface area contributed by atoms with Crippen LogP contribution in [0.15, 0.2) is 76.3 Å². The molecule has 1 fully saturated rings. The van der Waals surface area contributed by atoms with Crippen molar-refractivity contribution >= 4 is 38.8 Å². The summed E-state index contributed by atoms with van der Waals surface area (Å²) in [6.45, 7) is 2.73. The summed E-state index contributed by atoms with van der Waals surface area (Å²) >= 11 is 0. The van der Waals surface area contributed by atoms with Crippen molar-refractivity contribution in [2.75, 3.05) is 24.5 Å². The van der Waals surface area contributed by atoms with Crippen molar-refractivity contribution in [2.45, 2.75) is 9.79 Å². The summed E-state index contributed by atoms with van der Waals surface area (Å²) in [6, 6.07) is 12.4. The molecule has 3 aromatic rings. The van der Waals surface area contributed by atoms with Gasteiger partial charge in [0.25, 0.3) is 0 Å². The van der Waals surface area contributed by atoms with Crippen LogP contribution in [0.3, 0.4) is 0 Å². The first-order valence-electron chi connectivity index (χ1n) is 9.09. The Morgan fingerprint density at radius 2 is 1.93 bits per heavy atom. The van der Waals surface area contributed by atoms with Gasteiger partial charge in [0.15, 0.2) is 0 Å². The molecule has 5 rings (SSSR count). The van der Waals surface area contributed by atoms with Gasteiger partial charge < -0.3 is 10.2 Å². The van der Waals surface area contributed by atoms with E-state index in [1.54, 1.807) is 6.07 Å². The number of hydrogen-bond donors (Lipinski definition) is 1. The summed E-state index contributed by atoms with van der Waals surface area (Å²) in [7, 11) is -3.83. The fourth-order valence-corrected chi connectivity index (χ4v) is 5.24. The average Bonchev–Trinajstić information content (AvgIpc) is 3.29. The molecule has 2 aliphatic heterocycles.